The second kappa shape index (κ2) is 4.76. The van der Waals surface area contributed by atoms with Crippen LogP contribution in [0.4, 0.5) is 10.2 Å². The molecule has 1 atom stereocenters. The van der Waals surface area contributed by atoms with Gasteiger partial charge in [-0.05, 0) is 12.5 Å². The summed E-state index contributed by atoms with van der Waals surface area (Å²) in [6.45, 7) is 1.18. The third-order valence-corrected chi connectivity index (χ3v) is 2.87. The summed E-state index contributed by atoms with van der Waals surface area (Å²) in [4.78, 5) is 5.97. The van der Waals surface area contributed by atoms with Crippen molar-refractivity contribution in [2.24, 2.45) is 0 Å². The zero-order valence-electron chi connectivity index (χ0n) is 9.19. The van der Waals surface area contributed by atoms with Gasteiger partial charge in [0.05, 0.1) is 25.5 Å². The Morgan fingerprint density at radius 2 is 2.50 bits per heavy atom. The highest BCUT2D eigenvalue weighted by molar-refractivity contribution is 5.47. The number of pyridine rings is 1. The highest BCUT2D eigenvalue weighted by Crippen LogP contribution is 2.22. The molecule has 0 radical (unpaired) electrons. The second-order valence-electron chi connectivity index (χ2n) is 3.92. The summed E-state index contributed by atoms with van der Waals surface area (Å²) in [6, 6.07) is 1.57. The molecule has 1 aromatic heterocycles. The van der Waals surface area contributed by atoms with E-state index < -0.39 is 5.82 Å². The van der Waals surface area contributed by atoms with Crippen LogP contribution in [0.25, 0.3) is 0 Å². The number of aromatic nitrogens is 1. The Balaban J connectivity index is 2.24. The fourth-order valence-electron chi connectivity index (χ4n) is 1.91. The molecule has 88 valence electrons. The van der Waals surface area contributed by atoms with Crippen molar-refractivity contribution < 1.29 is 14.2 Å². The highest BCUT2D eigenvalue weighted by atomic mass is 19.1. The van der Waals surface area contributed by atoms with Crippen molar-refractivity contribution in [3.05, 3.63) is 23.6 Å². The van der Waals surface area contributed by atoms with Crippen molar-refractivity contribution in [1.82, 2.24) is 4.98 Å². The van der Waals surface area contributed by atoms with Crippen molar-refractivity contribution in [1.29, 1.82) is 0 Å². The third-order valence-electron chi connectivity index (χ3n) is 2.87. The smallest absolute Gasteiger partial charge is 0.142 e. The monoisotopic (exact) mass is 226 g/mol. The van der Waals surface area contributed by atoms with E-state index in [-0.39, 0.29) is 12.6 Å². The van der Waals surface area contributed by atoms with Crippen LogP contribution in [0.15, 0.2) is 12.3 Å². The van der Waals surface area contributed by atoms with E-state index in [0.717, 1.165) is 13.0 Å². The normalized spacial score (nSPS) is 20.1. The van der Waals surface area contributed by atoms with Gasteiger partial charge >= 0.3 is 0 Å². The molecule has 1 saturated heterocycles. The van der Waals surface area contributed by atoms with Gasteiger partial charge in [0, 0.05) is 19.2 Å². The summed E-state index contributed by atoms with van der Waals surface area (Å²) in [5, 5.41) is 9.17. The molecule has 0 amide bonds. The molecule has 16 heavy (non-hydrogen) atoms. The van der Waals surface area contributed by atoms with Crippen molar-refractivity contribution in [3.63, 3.8) is 0 Å². The predicted molar refractivity (Wildman–Crippen MR) is 57.7 cm³/mol. The first-order valence-corrected chi connectivity index (χ1v) is 5.28. The maximum Gasteiger partial charge on any atom is 0.142 e. The van der Waals surface area contributed by atoms with E-state index in [1.54, 1.807) is 0 Å². The lowest BCUT2D eigenvalue weighted by atomic mass is 10.2. The molecule has 0 spiro atoms. The minimum Gasteiger partial charge on any atom is -0.392 e. The van der Waals surface area contributed by atoms with Crippen LogP contribution in [0.5, 0.6) is 0 Å². The molecule has 1 aliphatic heterocycles. The first-order valence-electron chi connectivity index (χ1n) is 5.28. The van der Waals surface area contributed by atoms with Gasteiger partial charge in [-0.25, -0.2) is 9.37 Å². The van der Waals surface area contributed by atoms with E-state index in [9.17, 15) is 4.39 Å². The molecule has 0 aromatic carbocycles. The number of nitrogens with zero attached hydrogens (tertiary/aromatic N) is 2. The number of rotatable bonds is 3. The van der Waals surface area contributed by atoms with E-state index in [1.807, 2.05) is 11.9 Å². The lowest BCUT2D eigenvalue weighted by Crippen LogP contribution is -2.33. The summed E-state index contributed by atoms with van der Waals surface area (Å²) in [6.07, 6.45) is 2.10. The highest BCUT2D eigenvalue weighted by Gasteiger charge is 2.23. The summed E-state index contributed by atoms with van der Waals surface area (Å²) in [7, 11) is 1.89. The Hall–Kier alpha value is -1.20. The summed E-state index contributed by atoms with van der Waals surface area (Å²) < 4.78 is 18.2. The van der Waals surface area contributed by atoms with Crippen LogP contribution in [0.3, 0.4) is 0 Å². The van der Waals surface area contributed by atoms with Gasteiger partial charge < -0.3 is 14.7 Å². The Morgan fingerprint density at radius 3 is 3.12 bits per heavy atom. The van der Waals surface area contributed by atoms with Crippen LogP contribution < -0.4 is 4.90 Å². The average molecular weight is 226 g/mol. The van der Waals surface area contributed by atoms with Crippen molar-refractivity contribution >= 4 is 5.82 Å². The summed E-state index contributed by atoms with van der Waals surface area (Å²) in [5.41, 5.74) is 0.509. The number of likely N-dealkylation sites (N-methyl/N-ethyl adjacent to an activating group) is 1. The van der Waals surface area contributed by atoms with Crippen molar-refractivity contribution in [2.75, 3.05) is 25.2 Å². The standard InChI is InChI=1S/C11H15FN2O2/c1-14(10-2-3-16-7-10)11-8(6-15)4-9(12)5-13-11/h4-5,10,15H,2-3,6-7H2,1H3. The fourth-order valence-corrected chi connectivity index (χ4v) is 1.91. The molecule has 1 aliphatic rings. The molecule has 0 saturated carbocycles. The molecule has 4 nitrogen and oxygen atoms in total. The number of ether oxygens (including phenoxy) is 1. The van der Waals surface area contributed by atoms with E-state index >= 15 is 0 Å². The summed E-state index contributed by atoms with van der Waals surface area (Å²) >= 11 is 0. The molecule has 2 rings (SSSR count). The lowest BCUT2D eigenvalue weighted by molar-refractivity contribution is 0.193. The number of aliphatic hydroxyl groups is 1. The molecule has 1 fully saturated rings. The molecule has 1 aromatic rings. The van der Waals surface area contributed by atoms with Gasteiger partial charge in [0.2, 0.25) is 0 Å². The Labute approximate surface area is 93.7 Å². The van der Waals surface area contributed by atoms with E-state index in [1.165, 1.54) is 12.3 Å². The molecular formula is C11H15FN2O2. The number of halogens is 1. The Kier molecular flexibility index (Phi) is 3.36. The topological polar surface area (TPSA) is 45.6 Å². The van der Waals surface area contributed by atoms with Gasteiger partial charge in [-0.2, -0.15) is 0 Å². The largest absolute Gasteiger partial charge is 0.392 e. The molecular weight excluding hydrogens is 211 g/mol. The second-order valence-corrected chi connectivity index (χ2v) is 3.92. The zero-order chi connectivity index (χ0) is 11.5. The number of anilines is 1. The predicted octanol–water partition coefficient (Wildman–Crippen LogP) is 0.938. The molecule has 0 bridgehead atoms. The van der Waals surface area contributed by atoms with Crippen LogP contribution in [-0.4, -0.2) is 36.4 Å². The maximum atomic E-state index is 13.0. The first kappa shape index (κ1) is 11.3. The van der Waals surface area contributed by atoms with Crippen LogP contribution >= 0.6 is 0 Å². The van der Waals surface area contributed by atoms with Crippen molar-refractivity contribution in [3.8, 4) is 0 Å². The number of aliphatic hydroxyl groups excluding tert-OH is 1. The number of hydrogen-bond acceptors (Lipinski definition) is 4. The Morgan fingerprint density at radius 1 is 1.69 bits per heavy atom. The Bertz CT molecular complexity index is 367. The van der Waals surface area contributed by atoms with Crippen LogP contribution in [-0.2, 0) is 11.3 Å². The maximum absolute atomic E-state index is 13.0. The van der Waals surface area contributed by atoms with Crippen LogP contribution in [0.1, 0.15) is 12.0 Å². The molecule has 5 heteroatoms. The van der Waals surface area contributed by atoms with Crippen LogP contribution in [0, 0.1) is 5.82 Å². The molecule has 0 aliphatic carbocycles. The fraction of sp³-hybridized carbons (Fsp3) is 0.545. The van der Waals surface area contributed by atoms with Gasteiger partial charge in [-0.1, -0.05) is 0 Å². The molecule has 1 unspecified atom stereocenters. The third kappa shape index (κ3) is 2.15. The minimum atomic E-state index is -0.427. The molecule has 2 heterocycles. The average Bonchev–Trinajstić information content (AvgIpc) is 2.81. The number of hydrogen-bond donors (Lipinski definition) is 1. The van der Waals surface area contributed by atoms with Gasteiger partial charge in [-0.3, -0.25) is 0 Å². The SMILES string of the molecule is CN(c1ncc(F)cc1CO)C1CCOC1. The minimum absolute atomic E-state index is 0.210. The quantitative estimate of drug-likeness (QED) is 0.833. The van der Waals surface area contributed by atoms with E-state index in [4.69, 9.17) is 9.84 Å². The summed E-state index contributed by atoms with van der Waals surface area (Å²) in [5.74, 6) is 0.197. The van der Waals surface area contributed by atoms with Gasteiger partial charge in [0.1, 0.15) is 11.6 Å². The van der Waals surface area contributed by atoms with Gasteiger partial charge in [0.15, 0.2) is 0 Å². The first-order chi connectivity index (χ1) is 7.72. The molecule has 1 N–H and O–H groups in total. The van der Waals surface area contributed by atoms with Crippen LogP contribution in [0.2, 0.25) is 0 Å². The van der Waals surface area contributed by atoms with Crippen molar-refractivity contribution in [2.45, 2.75) is 19.1 Å². The van der Waals surface area contributed by atoms with Gasteiger partial charge in [-0.15, -0.1) is 0 Å². The van der Waals surface area contributed by atoms with E-state index in [2.05, 4.69) is 4.98 Å². The lowest BCUT2D eigenvalue weighted by Gasteiger charge is -2.25. The zero-order valence-corrected chi connectivity index (χ0v) is 9.19. The van der Waals surface area contributed by atoms with Gasteiger partial charge in [0.25, 0.3) is 0 Å². The van der Waals surface area contributed by atoms with E-state index in [0.29, 0.717) is 18.0 Å².